The molecule has 0 spiro atoms. The standard InChI is InChI=1S/C18H21N5O2S/c1-12(26-18-21-20-15-9-3-2-6-10-22(15)18)17(25)23-11-16(24)19-13-7-4-5-8-14(13)23/h4-5,7-8,12H,2-3,6,9-11H2,1H3,(H,19,24)/t12-/m0/s1. The second kappa shape index (κ2) is 7.11. The Morgan fingerprint density at radius 1 is 1.23 bits per heavy atom. The number of carbonyl (C=O) groups is 2. The molecule has 2 amide bonds. The van der Waals surface area contributed by atoms with Gasteiger partial charge in [0.1, 0.15) is 12.4 Å². The van der Waals surface area contributed by atoms with Crippen LogP contribution in [-0.4, -0.2) is 38.4 Å². The van der Waals surface area contributed by atoms with Gasteiger partial charge in [-0.25, -0.2) is 0 Å². The lowest BCUT2D eigenvalue weighted by Gasteiger charge is -2.30. The molecule has 1 aromatic heterocycles. The van der Waals surface area contributed by atoms with E-state index >= 15 is 0 Å². The average Bonchev–Trinajstić information content (AvgIpc) is 2.87. The monoisotopic (exact) mass is 371 g/mol. The topological polar surface area (TPSA) is 80.1 Å². The van der Waals surface area contributed by atoms with Crippen molar-refractivity contribution in [1.82, 2.24) is 14.8 Å². The van der Waals surface area contributed by atoms with Crippen molar-refractivity contribution in [2.75, 3.05) is 16.8 Å². The number of amides is 2. The molecule has 0 fully saturated rings. The van der Waals surface area contributed by atoms with Crippen LogP contribution >= 0.6 is 11.8 Å². The Labute approximate surface area is 156 Å². The summed E-state index contributed by atoms with van der Waals surface area (Å²) in [6.07, 6.45) is 4.38. The molecule has 136 valence electrons. The van der Waals surface area contributed by atoms with E-state index in [9.17, 15) is 9.59 Å². The molecule has 1 atom stereocenters. The highest BCUT2D eigenvalue weighted by atomic mass is 32.2. The van der Waals surface area contributed by atoms with E-state index in [1.54, 1.807) is 4.90 Å². The predicted molar refractivity (Wildman–Crippen MR) is 100 cm³/mol. The van der Waals surface area contributed by atoms with Crippen LogP contribution in [-0.2, 0) is 22.6 Å². The molecule has 2 aliphatic heterocycles. The number of rotatable bonds is 3. The van der Waals surface area contributed by atoms with Crippen LogP contribution in [0, 0.1) is 0 Å². The van der Waals surface area contributed by atoms with Crippen molar-refractivity contribution in [3.8, 4) is 0 Å². The number of hydrogen-bond acceptors (Lipinski definition) is 5. The third-order valence-electron chi connectivity index (χ3n) is 4.74. The number of para-hydroxylation sites is 2. The second-order valence-electron chi connectivity index (χ2n) is 6.61. The van der Waals surface area contributed by atoms with E-state index in [2.05, 4.69) is 20.1 Å². The number of carbonyl (C=O) groups excluding carboxylic acids is 2. The maximum absolute atomic E-state index is 13.0. The van der Waals surface area contributed by atoms with Gasteiger partial charge >= 0.3 is 0 Å². The zero-order valence-electron chi connectivity index (χ0n) is 14.6. The number of aryl methyl sites for hydroxylation is 1. The first-order chi connectivity index (χ1) is 12.6. The first-order valence-corrected chi connectivity index (χ1v) is 9.80. The maximum atomic E-state index is 13.0. The van der Waals surface area contributed by atoms with Crippen molar-refractivity contribution in [2.45, 2.75) is 49.6 Å². The predicted octanol–water partition coefficient (Wildman–Crippen LogP) is 2.47. The van der Waals surface area contributed by atoms with Crippen LogP contribution in [0.25, 0.3) is 0 Å². The summed E-state index contributed by atoms with van der Waals surface area (Å²) >= 11 is 1.42. The summed E-state index contributed by atoms with van der Waals surface area (Å²) in [6.45, 7) is 2.81. The first-order valence-electron chi connectivity index (χ1n) is 8.92. The van der Waals surface area contributed by atoms with Gasteiger partial charge in [0.25, 0.3) is 0 Å². The molecule has 1 aromatic carbocycles. The van der Waals surface area contributed by atoms with E-state index in [-0.39, 0.29) is 23.6 Å². The van der Waals surface area contributed by atoms with Gasteiger partial charge in [-0.2, -0.15) is 0 Å². The highest BCUT2D eigenvalue weighted by Crippen LogP contribution is 2.32. The molecule has 26 heavy (non-hydrogen) atoms. The molecule has 1 N–H and O–H groups in total. The fraction of sp³-hybridized carbons (Fsp3) is 0.444. The lowest BCUT2D eigenvalue weighted by Crippen LogP contribution is -2.45. The van der Waals surface area contributed by atoms with E-state index in [0.29, 0.717) is 5.69 Å². The molecule has 7 nitrogen and oxygen atoms in total. The van der Waals surface area contributed by atoms with Gasteiger partial charge in [-0.15, -0.1) is 10.2 Å². The molecule has 2 aliphatic rings. The summed E-state index contributed by atoms with van der Waals surface area (Å²) in [5.41, 5.74) is 1.41. The summed E-state index contributed by atoms with van der Waals surface area (Å²) in [7, 11) is 0. The molecule has 0 radical (unpaired) electrons. The highest BCUT2D eigenvalue weighted by molar-refractivity contribution is 8.00. The number of aromatic nitrogens is 3. The summed E-state index contributed by atoms with van der Waals surface area (Å²) in [5, 5.41) is 11.8. The molecule has 8 heteroatoms. The van der Waals surface area contributed by atoms with Crippen molar-refractivity contribution in [1.29, 1.82) is 0 Å². The fourth-order valence-corrected chi connectivity index (χ4v) is 4.36. The Kier molecular flexibility index (Phi) is 4.67. The van der Waals surface area contributed by atoms with Gasteiger partial charge in [0, 0.05) is 13.0 Å². The molecule has 0 aliphatic carbocycles. The number of nitrogens with one attached hydrogen (secondary N) is 1. The normalized spacial score (nSPS) is 17.7. The molecule has 0 bridgehead atoms. The number of anilines is 2. The van der Waals surface area contributed by atoms with Gasteiger partial charge in [0.2, 0.25) is 11.8 Å². The van der Waals surface area contributed by atoms with Crippen molar-refractivity contribution >= 4 is 35.0 Å². The number of nitrogens with zero attached hydrogens (tertiary/aromatic N) is 4. The smallest absolute Gasteiger partial charge is 0.244 e. The summed E-state index contributed by atoms with van der Waals surface area (Å²) in [6, 6.07) is 7.37. The van der Waals surface area contributed by atoms with Crippen molar-refractivity contribution in [2.24, 2.45) is 0 Å². The van der Waals surface area contributed by atoms with Crippen LogP contribution in [0.4, 0.5) is 11.4 Å². The van der Waals surface area contributed by atoms with E-state index in [1.807, 2.05) is 31.2 Å². The van der Waals surface area contributed by atoms with Crippen LogP contribution in [0.1, 0.15) is 32.0 Å². The van der Waals surface area contributed by atoms with Gasteiger partial charge < -0.3 is 9.88 Å². The van der Waals surface area contributed by atoms with E-state index in [4.69, 9.17) is 0 Å². The van der Waals surface area contributed by atoms with Gasteiger partial charge in [-0.05, 0) is 31.9 Å². The number of hydrogen-bond donors (Lipinski definition) is 1. The molecule has 3 heterocycles. The summed E-state index contributed by atoms with van der Waals surface area (Å²) in [4.78, 5) is 26.6. The Bertz CT molecular complexity index is 850. The van der Waals surface area contributed by atoms with Crippen LogP contribution in [0.2, 0.25) is 0 Å². The van der Waals surface area contributed by atoms with Crippen molar-refractivity contribution < 1.29 is 9.59 Å². The minimum absolute atomic E-state index is 0.0404. The van der Waals surface area contributed by atoms with Gasteiger partial charge in [-0.3, -0.25) is 14.5 Å². The molecule has 0 unspecified atom stereocenters. The quantitative estimate of drug-likeness (QED) is 0.839. The second-order valence-corrected chi connectivity index (χ2v) is 7.92. The van der Waals surface area contributed by atoms with Gasteiger partial charge in [-0.1, -0.05) is 30.3 Å². The van der Waals surface area contributed by atoms with E-state index in [1.165, 1.54) is 18.2 Å². The number of fused-ring (bicyclic) bond motifs is 2. The number of thioether (sulfide) groups is 1. The molecule has 2 aromatic rings. The molecule has 0 saturated carbocycles. The largest absolute Gasteiger partial charge is 0.323 e. The van der Waals surface area contributed by atoms with E-state index < -0.39 is 0 Å². The lowest BCUT2D eigenvalue weighted by molar-refractivity contribution is -0.121. The van der Waals surface area contributed by atoms with Crippen molar-refractivity contribution in [3.63, 3.8) is 0 Å². The minimum Gasteiger partial charge on any atom is -0.323 e. The Morgan fingerprint density at radius 3 is 2.96 bits per heavy atom. The molecule has 4 rings (SSSR count). The maximum Gasteiger partial charge on any atom is 0.244 e. The molecule has 0 saturated heterocycles. The zero-order chi connectivity index (χ0) is 18.1. The van der Waals surface area contributed by atoms with Crippen LogP contribution in [0.15, 0.2) is 29.4 Å². The van der Waals surface area contributed by atoms with Crippen LogP contribution in [0.3, 0.4) is 0 Å². The first kappa shape index (κ1) is 17.1. The van der Waals surface area contributed by atoms with Gasteiger partial charge in [0.05, 0.1) is 16.6 Å². The van der Waals surface area contributed by atoms with Crippen LogP contribution < -0.4 is 10.2 Å². The summed E-state index contributed by atoms with van der Waals surface area (Å²) in [5.74, 6) is 0.737. The molecular weight excluding hydrogens is 350 g/mol. The third-order valence-corrected chi connectivity index (χ3v) is 5.81. The molecular formula is C18H21N5O2S. The summed E-state index contributed by atoms with van der Waals surface area (Å²) < 4.78 is 2.14. The van der Waals surface area contributed by atoms with Crippen LogP contribution in [0.5, 0.6) is 0 Å². The Morgan fingerprint density at radius 2 is 2.08 bits per heavy atom. The lowest BCUT2D eigenvalue weighted by atomic mass is 10.2. The van der Waals surface area contributed by atoms with Gasteiger partial charge in [0.15, 0.2) is 5.16 Å². The average molecular weight is 371 g/mol. The van der Waals surface area contributed by atoms with Crippen molar-refractivity contribution in [3.05, 3.63) is 30.1 Å². The fourth-order valence-electron chi connectivity index (χ4n) is 3.40. The third kappa shape index (κ3) is 3.21. The Hall–Kier alpha value is -2.35. The van der Waals surface area contributed by atoms with E-state index in [0.717, 1.165) is 42.5 Å². The zero-order valence-corrected chi connectivity index (χ0v) is 15.5. The minimum atomic E-state index is -0.356. The number of benzene rings is 1. The highest BCUT2D eigenvalue weighted by Gasteiger charge is 2.31. The Balaban J connectivity index is 1.54. The SMILES string of the molecule is C[C@H](Sc1nnc2n1CCCCC2)C(=O)N1CC(=O)Nc2ccccc21.